The molecule has 5 heteroatoms. The Kier molecular flexibility index (Phi) is 3.86. The predicted octanol–water partition coefficient (Wildman–Crippen LogP) is 0.505. The maximum absolute atomic E-state index is 11.6. The van der Waals surface area contributed by atoms with E-state index in [-0.39, 0.29) is 5.56 Å². The number of rotatable bonds is 3. The van der Waals surface area contributed by atoms with Crippen molar-refractivity contribution < 1.29 is 0 Å². The maximum atomic E-state index is 11.6. The topological polar surface area (TPSA) is 60.9 Å². The lowest BCUT2D eigenvalue weighted by Gasteiger charge is -2.07. The molecule has 1 aromatic heterocycles. The van der Waals surface area contributed by atoms with Gasteiger partial charge in [-0.25, -0.2) is 4.98 Å². The molecule has 0 aromatic carbocycles. The van der Waals surface area contributed by atoms with Gasteiger partial charge < -0.3 is 5.73 Å². The third kappa shape index (κ3) is 2.50. The molecule has 72 valence electrons. The Balaban J connectivity index is 3.03. The number of nitrogens with two attached hydrogens (primary N) is 1. The summed E-state index contributed by atoms with van der Waals surface area (Å²) >= 11 is 1.99. The van der Waals surface area contributed by atoms with Crippen LogP contribution in [0.1, 0.15) is 12.2 Å². The zero-order valence-corrected chi connectivity index (χ0v) is 9.61. The normalized spacial score (nSPS) is 10.4. The molecule has 0 saturated heterocycles. The number of aryl methyl sites for hydroxylation is 1. The van der Waals surface area contributed by atoms with E-state index in [1.807, 2.05) is 29.5 Å². The molecule has 4 nitrogen and oxygen atoms in total. The maximum Gasteiger partial charge on any atom is 0.266 e. The number of aromatic nitrogens is 2. The van der Waals surface area contributed by atoms with E-state index in [2.05, 4.69) is 4.98 Å². The van der Waals surface area contributed by atoms with Gasteiger partial charge in [0.1, 0.15) is 5.82 Å². The van der Waals surface area contributed by atoms with Crippen LogP contribution >= 0.6 is 22.6 Å². The minimum atomic E-state index is 0.0292. The highest BCUT2D eigenvalue weighted by atomic mass is 127. The molecule has 2 N–H and O–H groups in total. The van der Waals surface area contributed by atoms with E-state index in [0.717, 1.165) is 12.2 Å². The molecule has 0 radical (unpaired) electrons. The van der Waals surface area contributed by atoms with Gasteiger partial charge in [0, 0.05) is 12.7 Å². The molecule has 0 aliphatic heterocycles. The monoisotopic (exact) mass is 293 g/mol. The molecule has 0 fully saturated rings. The summed E-state index contributed by atoms with van der Waals surface area (Å²) in [6.07, 6.45) is 2.40. The van der Waals surface area contributed by atoms with Crippen molar-refractivity contribution >= 4 is 22.6 Å². The van der Waals surface area contributed by atoms with Crippen molar-refractivity contribution in [2.24, 2.45) is 5.73 Å². The van der Waals surface area contributed by atoms with Crippen molar-refractivity contribution in [2.75, 3.05) is 6.54 Å². The largest absolute Gasteiger partial charge is 0.330 e. The van der Waals surface area contributed by atoms with E-state index in [0.29, 0.717) is 16.7 Å². The lowest BCUT2D eigenvalue weighted by molar-refractivity contribution is 0.596. The Morgan fingerprint density at radius 2 is 2.38 bits per heavy atom. The van der Waals surface area contributed by atoms with Crippen molar-refractivity contribution in [3.8, 4) is 0 Å². The molecule has 0 amide bonds. The fourth-order valence-corrected chi connectivity index (χ4v) is 1.49. The van der Waals surface area contributed by atoms with Crippen LogP contribution in [0.25, 0.3) is 0 Å². The summed E-state index contributed by atoms with van der Waals surface area (Å²) < 4.78 is 2.31. The molecule has 0 unspecified atom stereocenters. The van der Waals surface area contributed by atoms with Gasteiger partial charge in [-0.05, 0) is 42.5 Å². The Morgan fingerprint density at radius 1 is 1.69 bits per heavy atom. The molecule has 0 atom stereocenters. The second kappa shape index (κ2) is 4.71. The highest BCUT2D eigenvalue weighted by Crippen LogP contribution is 1.97. The SMILES string of the molecule is Cc1ncc(I)c(=O)n1CCCN. The number of hydrogen-bond acceptors (Lipinski definition) is 3. The molecule has 1 rings (SSSR count). The summed E-state index contributed by atoms with van der Waals surface area (Å²) in [4.78, 5) is 15.7. The van der Waals surface area contributed by atoms with Gasteiger partial charge >= 0.3 is 0 Å². The van der Waals surface area contributed by atoms with Crippen LogP contribution in [-0.2, 0) is 6.54 Å². The van der Waals surface area contributed by atoms with Gasteiger partial charge in [-0.3, -0.25) is 9.36 Å². The van der Waals surface area contributed by atoms with Gasteiger partial charge in [0.05, 0.1) is 3.57 Å². The van der Waals surface area contributed by atoms with Gasteiger partial charge in [-0.2, -0.15) is 0 Å². The summed E-state index contributed by atoms with van der Waals surface area (Å²) in [6, 6.07) is 0. The fraction of sp³-hybridized carbons (Fsp3) is 0.500. The van der Waals surface area contributed by atoms with Gasteiger partial charge in [0.25, 0.3) is 5.56 Å². The number of nitrogens with zero attached hydrogens (tertiary/aromatic N) is 2. The minimum absolute atomic E-state index is 0.0292. The van der Waals surface area contributed by atoms with Crippen LogP contribution < -0.4 is 11.3 Å². The molecule has 0 spiro atoms. The van der Waals surface area contributed by atoms with Crippen molar-refractivity contribution in [1.29, 1.82) is 0 Å². The molecule has 0 aliphatic carbocycles. The number of halogens is 1. The van der Waals surface area contributed by atoms with Gasteiger partial charge in [0.2, 0.25) is 0 Å². The first-order valence-corrected chi connectivity index (χ1v) is 5.16. The van der Waals surface area contributed by atoms with Crippen LogP contribution in [0.2, 0.25) is 0 Å². The molecular formula is C8H12IN3O. The van der Waals surface area contributed by atoms with Crippen LogP contribution in [0, 0.1) is 10.5 Å². The second-order valence-electron chi connectivity index (χ2n) is 2.75. The van der Waals surface area contributed by atoms with Crippen LogP contribution in [-0.4, -0.2) is 16.1 Å². The van der Waals surface area contributed by atoms with Crippen LogP contribution in [0.3, 0.4) is 0 Å². The average Bonchev–Trinajstić information content (AvgIpc) is 2.12. The van der Waals surface area contributed by atoms with Crippen LogP contribution in [0.4, 0.5) is 0 Å². The van der Waals surface area contributed by atoms with Crippen LogP contribution in [0.15, 0.2) is 11.0 Å². The third-order valence-electron chi connectivity index (χ3n) is 1.79. The zero-order chi connectivity index (χ0) is 9.84. The molecule has 1 aromatic rings. The Labute approximate surface area is 90.3 Å². The highest BCUT2D eigenvalue weighted by Gasteiger charge is 2.03. The first-order chi connectivity index (χ1) is 6.16. The van der Waals surface area contributed by atoms with Gasteiger partial charge in [0.15, 0.2) is 0 Å². The van der Waals surface area contributed by atoms with E-state index in [4.69, 9.17) is 5.73 Å². The Bertz CT molecular complexity index is 348. The molecule has 0 saturated carbocycles. The molecule has 13 heavy (non-hydrogen) atoms. The summed E-state index contributed by atoms with van der Waals surface area (Å²) in [7, 11) is 0. The lowest BCUT2D eigenvalue weighted by Crippen LogP contribution is -2.26. The van der Waals surface area contributed by atoms with Crippen molar-refractivity contribution in [3.05, 3.63) is 25.9 Å². The number of hydrogen-bond donors (Lipinski definition) is 1. The summed E-state index contributed by atoms with van der Waals surface area (Å²) in [5, 5.41) is 0. The summed E-state index contributed by atoms with van der Waals surface area (Å²) in [6.45, 7) is 3.08. The first kappa shape index (κ1) is 10.6. The van der Waals surface area contributed by atoms with Gasteiger partial charge in [-0.1, -0.05) is 0 Å². The minimum Gasteiger partial charge on any atom is -0.330 e. The summed E-state index contributed by atoms with van der Waals surface area (Å²) in [5.74, 6) is 0.749. The highest BCUT2D eigenvalue weighted by molar-refractivity contribution is 14.1. The van der Waals surface area contributed by atoms with Crippen LogP contribution in [0.5, 0.6) is 0 Å². The predicted molar refractivity (Wildman–Crippen MR) is 59.6 cm³/mol. The van der Waals surface area contributed by atoms with E-state index in [1.165, 1.54) is 0 Å². The fourth-order valence-electron chi connectivity index (χ4n) is 1.06. The second-order valence-corrected chi connectivity index (χ2v) is 3.91. The molecular weight excluding hydrogens is 281 g/mol. The first-order valence-electron chi connectivity index (χ1n) is 4.09. The third-order valence-corrected chi connectivity index (χ3v) is 2.53. The Hall–Kier alpha value is -0.430. The smallest absolute Gasteiger partial charge is 0.266 e. The van der Waals surface area contributed by atoms with Gasteiger partial charge in [-0.15, -0.1) is 0 Å². The molecule has 0 aliphatic rings. The summed E-state index contributed by atoms with van der Waals surface area (Å²) in [5.41, 5.74) is 5.41. The van der Waals surface area contributed by atoms with Crippen molar-refractivity contribution in [1.82, 2.24) is 9.55 Å². The zero-order valence-electron chi connectivity index (χ0n) is 7.46. The standard InChI is InChI=1S/C8H12IN3O/c1-6-11-5-7(9)8(13)12(6)4-2-3-10/h5H,2-4,10H2,1H3. The average molecular weight is 293 g/mol. The molecule has 1 heterocycles. The van der Waals surface area contributed by atoms with Crippen molar-refractivity contribution in [3.63, 3.8) is 0 Å². The van der Waals surface area contributed by atoms with E-state index in [9.17, 15) is 4.79 Å². The van der Waals surface area contributed by atoms with Crippen molar-refractivity contribution in [2.45, 2.75) is 19.9 Å². The molecule has 0 bridgehead atoms. The Morgan fingerprint density at radius 3 is 3.00 bits per heavy atom. The van der Waals surface area contributed by atoms with E-state index >= 15 is 0 Å². The van der Waals surface area contributed by atoms with E-state index < -0.39 is 0 Å². The quantitative estimate of drug-likeness (QED) is 0.826. The lowest BCUT2D eigenvalue weighted by atomic mass is 10.4. The van der Waals surface area contributed by atoms with E-state index in [1.54, 1.807) is 10.8 Å².